The molecule has 0 bridgehead atoms. The van der Waals surface area contributed by atoms with Crippen LogP contribution < -0.4 is 0 Å². The van der Waals surface area contributed by atoms with Gasteiger partial charge in [-0.2, -0.15) is 0 Å². The van der Waals surface area contributed by atoms with Gasteiger partial charge < -0.3 is 9.31 Å². The average Bonchev–Trinajstić information content (AvgIpc) is 2.46. The maximum Gasteiger partial charge on any atom is 0.439 e. The summed E-state index contributed by atoms with van der Waals surface area (Å²) < 4.78 is 10.8. The van der Waals surface area contributed by atoms with Gasteiger partial charge in [0.1, 0.15) is 0 Å². The molecule has 4 fully saturated rings. The second kappa shape index (κ2) is 0.474. The molecule has 2 nitrogen and oxygen atoms in total. The van der Waals surface area contributed by atoms with Crippen molar-refractivity contribution in [1.82, 2.24) is 0 Å². The molecule has 3 spiro atoms. The molecule has 0 amide bonds. The summed E-state index contributed by atoms with van der Waals surface area (Å²) in [7, 11) is 0.571. The lowest BCUT2D eigenvalue weighted by atomic mass is 10.3. The molecule has 3 aliphatic carbocycles. The van der Waals surface area contributed by atoms with E-state index in [9.17, 15) is 0 Å². The van der Waals surface area contributed by atoms with Crippen LogP contribution in [0.1, 0.15) is 12.8 Å². The van der Waals surface area contributed by atoms with E-state index in [-0.39, 0.29) is 0 Å². The lowest BCUT2D eigenvalue weighted by Gasteiger charge is -2.02. The Labute approximate surface area is 47.5 Å². The van der Waals surface area contributed by atoms with E-state index in [4.69, 9.17) is 9.31 Å². The fourth-order valence-corrected chi connectivity index (χ4v) is 2.80. The summed E-state index contributed by atoms with van der Waals surface area (Å²) in [5.41, 5.74) is 1.25. The Morgan fingerprint density at radius 1 is 1.12 bits per heavy atom. The van der Waals surface area contributed by atoms with Gasteiger partial charge in [-0.15, -0.1) is 0 Å². The lowest BCUT2D eigenvalue weighted by molar-refractivity contribution is 0.187. The standard InChI is InChI=1S/C5H5BO2/c1-3-2-5(3)4(1,3)7-6-8-5/h6H,1-2H2. The van der Waals surface area contributed by atoms with Gasteiger partial charge >= 0.3 is 7.69 Å². The van der Waals surface area contributed by atoms with Crippen LogP contribution in [0, 0.1) is 5.41 Å². The third kappa shape index (κ3) is 0.0885. The number of hydrogen-bond acceptors (Lipinski definition) is 2. The van der Waals surface area contributed by atoms with E-state index in [1.54, 1.807) is 0 Å². The Bertz CT molecular complexity index is 194. The van der Waals surface area contributed by atoms with Crippen molar-refractivity contribution in [2.24, 2.45) is 5.41 Å². The SMILES string of the molecule is B1OC23CC24CC43O1. The molecule has 1 heterocycles. The minimum atomic E-state index is 0.319. The molecule has 4 aliphatic rings. The van der Waals surface area contributed by atoms with Crippen molar-refractivity contribution in [3.8, 4) is 0 Å². The predicted octanol–water partition coefficient (Wildman–Crippen LogP) is -0.415. The molecule has 0 radical (unpaired) electrons. The lowest BCUT2D eigenvalue weighted by Crippen LogP contribution is -2.13. The highest BCUT2D eigenvalue weighted by Crippen LogP contribution is 3.06. The Balaban J connectivity index is 2.07. The minimum absolute atomic E-state index is 0.319. The maximum atomic E-state index is 5.41. The Kier molecular flexibility index (Phi) is 0.191. The third-order valence-electron chi connectivity index (χ3n) is 3.60. The van der Waals surface area contributed by atoms with Gasteiger partial charge in [0.2, 0.25) is 0 Å². The summed E-state index contributed by atoms with van der Waals surface area (Å²) in [6.07, 6.45) is 2.61. The second-order valence-electron chi connectivity index (χ2n) is 3.50. The van der Waals surface area contributed by atoms with E-state index in [0.29, 0.717) is 24.3 Å². The van der Waals surface area contributed by atoms with Gasteiger partial charge in [-0.3, -0.25) is 0 Å². The smallest absolute Gasteiger partial charge is 0.405 e. The quantitative estimate of drug-likeness (QED) is 0.392. The van der Waals surface area contributed by atoms with E-state index in [2.05, 4.69) is 0 Å². The van der Waals surface area contributed by atoms with Gasteiger partial charge in [-0.05, 0) is 12.8 Å². The van der Waals surface area contributed by atoms with Crippen molar-refractivity contribution >= 4 is 7.69 Å². The van der Waals surface area contributed by atoms with Crippen LogP contribution in [0.3, 0.4) is 0 Å². The Morgan fingerprint density at radius 2 is 1.75 bits per heavy atom. The first-order chi connectivity index (χ1) is 3.87. The first-order valence-corrected chi connectivity index (χ1v) is 3.15. The van der Waals surface area contributed by atoms with Gasteiger partial charge in [-0.25, -0.2) is 0 Å². The van der Waals surface area contributed by atoms with Crippen molar-refractivity contribution in [1.29, 1.82) is 0 Å². The highest BCUT2D eigenvalue weighted by molar-refractivity contribution is 6.22. The van der Waals surface area contributed by atoms with Crippen molar-refractivity contribution in [2.75, 3.05) is 0 Å². The Hall–Kier alpha value is -0.0151. The molecule has 2 unspecified atom stereocenters. The molecule has 0 aromatic rings. The second-order valence-corrected chi connectivity index (χ2v) is 3.50. The largest absolute Gasteiger partial charge is 0.439 e. The first kappa shape index (κ1) is 3.23. The van der Waals surface area contributed by atoms with E-state index in [1.807, 2.05) is 0 Å². The summed E-state index contributed by atoms with van der Waals surface area (Å²) in [6.45, 7) is 0. The zero-order valence-electron chi connectivity index (χ0n) is 4.44. The zero-order valence-corrected chi connectivity index (χ0v) is 4.44. The molecule has 40 valence electrons. The number of rotatable bonds is 0. The molecule has 1 saturated heterocycles. The van der Waals surface area contributed by atoms with Crippen LogP contribution in [-0.4, -0.2) is 18.9 Å². The van der Waals surface area contributed by atoms with Gasteiger partial charge in [0.25, 0.3) is 0 Å². The highest BCUT2D eigenvalue weighted by atomic mass is 16.7. The summed E-state index contributed by atoms with van der Waals surface area (Å²) in [4.78, 5) is 0. The third-order valence-corrected chi connectivity index (χ3v) is 3.60. The average molecular weight is 108 g/mol. The van der Waals surface area contributed by atoms with Crippen LogP contribution in [0.2, 0.25) is 0 Å². The topological polar surface area (TPSA) is 18.5 Å². The summed E-state index contributed by atoms with van der Waals surface area (Å²) in [5, 5.41) is 0. The zero-order chi connectivity index (χ0) is 5.04. The molecule has 4 rings (SSSR count). The summed E-state index contributed by atoms with van der Waals surface area (Å²) in [5.74, 6) is 0. The van der Waals surface area contributed by atoms with E-state index in [0.717, 1.165) is 0 Å². The van der Waals surface area contributed by atoms with Gasteiger partial charge in [-0.1, -0.05) is 0 Å². The molecule has 0 N–H and O–H groups in total. The van der Waals surface area contributed by atoms with Crippen molar-refractivity contribution in [3.05, 3.63) is 0 Å². The molecule has 3 saturated carbocycles. The molecule has 2 atom stereocenters. The molecule has 8 heavy (non-hydrogen) atoms. The summed E-state index contributed by atoms with van der Waals surface area (Å²) >= 11 is 0. The number of hydrogen-bond donors (Lipinski definition) is 0. The summed E-state index contributed by atoms with van der Waals surface area (Å²) in [6, 6.07) is 0. The van der Waals surface area contributed by atoms with E-state index < -0.39 is 0 Å². The molecular weight excluding hydrogens is 103 g/mol. The molecule has 1 aliphatic heterocycles. The van der Waals surface area contributed by atoms with E-state index >= 15 is 0 Å². The van der Waals surface area contributed by atoms with E-state index in [1.165, 1.54) is 12.8 Å². The van der Waals surface area contributed by atoms with Crippen LogP contribution in [0.4, 0.5) is 0 Å². The van der Waals surface area contributed by atoms with Crippen LogP contribution in [-0.2, 0) is 9.31 Å². The van der Waals surface area contributed by atoms with Crippen molar-refractivity contribution in [3.63, 3.8) is 0 Å². The van der Waals surface area contributed by atoms with Gasteiger partial charge in [0, 0.05) is 5.41 Å². The highest BCUT2D eigenvalue weighted by Gasteiger charge is 3.16. The predicted molar refractivity (Wildman–Crippen MR) is 26.4 cm³/mol. The first-order valence-electron chi connectivity index (χ1n) is 3.15. The molecule has 3 heteroatoms. The molecule has 0 aromatic carbocycles. The Morgan fingerprint density at radius 3 is 2.00 bits per heavy atom. The fraction of sp³-hybridized carbons (Fsp3) is 1.00. The monoisotopic (exact) mass is 108 g/mol. The van der Waals surface area contributed by atoms with Crippen LogP contribution in [0.25, 0.3) is 0 Å². The minimum Gasteiger partial charge on any atom is -0.405 e. The van der Waals surface area contributed by atoms with Gasteiger partial charge in [0.05, 0.1) is 11.2 Å². The van der Waals surface area contributed by atoms with Gasteiger partial charge in [0.15, 0.2) is 0 Å². The van der Waals surface area contributed by atoms with Crippen molar-refractivity contribution < 1.29 is 9.31 Å². The normalized spacial score (nSPS) is 86.0. The van der Waals surface area contributed by atoms with Crippen LogP contribution in [0.5, 0.6) is 0 Å². The van der Waals surface area contributed by atoms with Crippen molar-refractivity contribution in [2.45, 2.75) is 24.0 Å². The fourth-order valence-electron chi connectivity index (χ4n) is 2.80. The molecular formula is C5H5BO2. The van der Waals surface area contributed by atoms with Crippen LogP contribution in [0.15, 0.2) is 0 Å². The van der Waals surface area contributed by atoms with Crippen LogP contribution >= 0.6 is 0 Å². The maximum absolute atomic E-state index is 5.41. The molecule has 0 aromatic heterocycles.